The number of aromatic nitrogens is 3. The largest absolute Gasteiger partial charge is 0.319 e. The van der Waals surface area contributed by atoms with Gasteiger partial charge in [-0.2, -0.15) is 0 Å². The van der Waals surface area contributed by atoms with Gasteiger partial charge in [0.25, 0.3) is 0 Å². The van der Waals surface area contributed by atoms with Crippen molar-refractivity contribution in [3.05, 3.63) is 31.1 Å². The maximum absolute atomic E-state index is 6.26. The molecule has 2 heterocycles. The number of hydrogen-bond donors (Lipinski definition) is 1. The number of nitrogens with two attached hydrogens (primary N) is 1. The van der Waals surface area contributed by atoms with E-state index in [9.17, 15) is 0 Å². The summed E-state index contributed by atoms with van der Waals surface area (Å²) in [6.07, 6.45) is 2.75. The van der Waals surface area contributed by atoms with Crippen molar-refractivity contribution in [3.63, 3.8) is 0 Å². The van der Waals surface area contributed by atoms with Crippen molar-refractivity contribution in [2.45, 2.75) is 25.9 Å². The van der Waals surface area contributed by atoms with Crippen LogP contribution in [-0.2, 0) is 6.54 Å². The summed E-state index contributed by atoms with van der Waals surface area (Å²) in [6, 6.07) is 1.83. The van der Waals surface area contributed by atoms with Crippen LogP contribution in [0.25, 0.3) is 0 Å². The Hall–Kier alpha value is -0.240. The average Bonchev–Trinajstić information content (AvgIpc) is 2.85. The third kappa shape index (κ3) is 2.78. The van der Waals surface area contributed by atoms with Crippen molar-refractivity contribution < 1.29 is 0 Å². The molecule has 0 bridgehead atoms. The van der Waals surface area contributed by atoms with Crippen molar-refractivity contribution in [1.29, 1.82) is 0 Å². The lowest BCUT2D eigenvalue weighted by molar-refractivity contribution is 0.543. The van der Waals surface area contributed by atoms with Crippen LogP contribution in [0.4, 0.5) is 0 Å². The number of nitrogens with zero attached hydrogens (tertiary/aromatic N) is 3. The van der Waals surface area contributed by atoms with E-state index in [1.165, 1.54) is 0 Å². The van der Waals surface area contributed by atoms with Crippen molar-refractivity contribution >= 4 is 43.2 Å². The van der Waals surface area contributed by atoms with Gasteiger partial charge in [0.1, 0.15) is 0 Å². The molecule has 0 amide bonds. The highest BCUT2D eigenvalue weighted by atomic mass is 79.9. The number of aryl methyl sites for hydroxylation is 1. The maximum atomic E-state index is 6.26. The van der Waals surface area contributed by atoms with Gasteiger partial charge in [0.05, 0.1) is 25.5 Å². The van der Waals surface area contributed by atoms with E-state index in [1.807, 2.05) is 10.7 Å². The molecule has 2 aromatic rings. The Morgan fingerprint density at radius 1 is 1.53 bits per heavy atom. The fraction of sp³-hybridized carbons (Fsp3) is 0.400. The SMILES string of the molecule is CCCn1nncc1C(N)c1cc(Br)sc1Br. The smallest absolute Gasteiger partial charge is 0.0800 e. The number of rotatable bonds is 4. The quantitative estimate of drug-likeness (QED) is 0.886. The van der Waals surface area contributed by atoms with Crippen LogP contribution in [-0.4, -0.2) is 15.0 Å². The van der Waals surface area contributed by atoms with Gasteiger partial charge in [-0.15, -0.1) is 16.4 Å². The highest BCUT2D eigenvalue weighted by Gasteiger charge is 2.19. The van der Waals surface area contributed by atoms with Gasteiger partial charge in [-0.1, -0.05) is 12.1 Å². The predicted molar refractivity (Wildman–Crippen MR) is 76.1 cm³/mol. The van der Waals surface area contributed by atoms with E-state index in [0.717, 1.165) is 31.8 Å². The van der Waals surface area contributed by atoms with Gasteiger partial charge in [0, 0.05) is 12.1 Å². The summed E-state index contributed by atoms with van der Waals surface area (Å²) < 4.78 is 3.97. The molecular formula is C10H12Br2N4S. The molecule has 0 radical (unpaired) electrons. The molecule has 0 saturated heterocycles. The van der Waals surface area contributed by atoms with Gasteiger partial charge in [-0.3, -0.25) is 0 Å². The third-order valence-corrected chi connectivity index (χ3v) is 4.81. The Kier molecular flexibility index (Phi) is 4.35. The third-order valence-electron chi connectivity index (χ3n) is 2.42. The van der Waals surface area contributed by atoms with E-state index in [-0.39, 0.29) is 6.04 Å². The molecule has 0 aliphatic carbocycles. The second kappa shape index (κ2) is 5.60. The van der Waals surface area contributed by atoms with Crippen molar-refractivity contribution in [2.24, 2.45) is 5.73 Å². The van der Waals surface area contributed by atoms with Gasteiger partial charge in [0.2, 0.25) is 0 Å². The van der Waals surface area contributed by atoms with Gasteiger partial charge in [0.15, 0.2) is 0 Å². The van der Waals surface area contributed by atoms with Crippen molar-refractivity contribution in [1.82, 2.24) is 15.0 Å². The zero-order valence-electron chi connectivity index (χ0n) is 9.23. The second-order valence-corrected chi connectivity index (χ2v) is 7.39. The summed E-state index contributed by atoms with van der Waals surface area (Å²) in [5, 5.41) is 7.99. The van der Waals surface area contributed by atoms with E-state index in [4.69, 9.17) is 5.73 Å². The van der Waals surface area contributed by atoms with Crippen LogP contribution in [0, 0.1) is 0 Å². The van der Waals surface area contributed by atoms with Crippen LogP contribution in [0.5, 0.6) is 0 Å². The van der Waals surface area contributed by atoms with Crippen LogP contribution in [0.3, 0.4) is 0 Å². The predicted octanol–water partition coefficient (Wildman–Crippen LogP) is 3.32. The molecule has 1 atom stereocenters. The second-order valence-electron chi connectivity index (χ2n) is 3.64. The van der Waals surface area contributed by atoms with E-state index in [2.05, 4.69) is 49.1 Å². The summed E-state index contributed by atoms with van der Waals surface area (Å²) in [6.45, 7) is 2.94. The van der Waals surface area contributed by atoms with E-state index in [0.29, 0.717) is 0 Å². The average molecular weight is 380 g/mol. The molecule has 2 aromatic heterocycles. The Balaban J connectivity index is 2.33. The molecule has 1 unspecified atom stereocenters. The minimum Gasteiger partial charge on any atom is -0.319 e. The molecule has 17 heavy (non-hydrogen) atoms. The Morgan fingerprint density at radius 3 is 2.88 bits per heavy atom. The van der Waals surface area contributed by atoms with Crippen LogP contribution < -0.4 is 5.73 Å². The molecule has 0 aliphatic rings. The fourth-order valence-electron chi connectivity index (χ4n) is 1.62. The topological polar surface area (TPSA) is 56.7 Å². The van der Waals surface area contributed by atoms with Gasteiger partial charge in [-0.05, 0) is 44.3 Å². The molecule has 0 saturated carbocycles. The Morgan fingerprint density at radius 2 is 2.29 bits per heavy atom. The first kappa shape index (κ1) is 13.2. The Labute approximate surface area is 120 Å². The summed E-state index contributed by atoms with van der Waals surface area (Å²) in [5.41, 5.74) is 8.26. The maximum Gasteiger partial charge on any atom is 0.0800 e. The monoisotopic (exact) mass is 378 g/mol. The zero-order chi connectivity index (χ0) is 12.4. The number of halogens is 2. The highest BCUT2D eigenvalue weighted by Crippen LogP contribution is 2.36. The molecule has 0 fully saturated rings. The zero-order valence-corrected chi connectivity index (χ0v) is 13.2. The molecule has 92 valence electrons. The molecule has 0 aliphatic heterocycles. The first-order valence-electron chi connectivity index (χ1n) is 5.22. The summed E-state index contributed by atoms with van der Waals surface area (Å²) in [4.78, 5) is 0. The van der Waals surface area contributed by atoms with Gasteiger partial charge < -0.3 is 5.73 Å². The van der Waals surface area contributed by atoms with Crippen LogP contribution in [0.15, 0.2) is 19.8 Å². The summed E-state index contributed by atoms with van der Waals surface area (Å²) >= 11 is 8.60. The van der Waals surface area contributed by atoms with Crippen LogP contribution in [0.2, 0.25) is 0 Å². The number of thiophene rings is 1. The summed E-state index contributed by atoms with van der Waals surface area (Å²) in [7, 11) is 0. The Bertz CT molecular complexity index is 508. The summed E-state index contributed by atoms with van der Waals surface area (Å²) in [5.74, 6) is 0. The molecule has 7 heteroatoms. The van der Waals surface area contributed by atoms with Crippen LogP contribution in [0.1, 0.15) is 30.6 Å². The standard InChI is InChI=1S/C10H12Br2N4S/c1-2-3-16-7(5-14-15-16)9(13)6-4-8(11)17-10(6)12/h4-5,9H,2-3,13H2,1H3. The first-order chi connectivity index (χ1) is 8.13. The molecule has 4 nitrogen and oxygen atoms in total. The van der Waals surface area contributed by atoms with Gasteiger partial charge >= 0.3 is 0 Å². The molecular weight excluding hydrogens is 368 g/mol. The molecule has 2 rings (SSSR count). The van der Waals surface area contributed by atoms with Crippen molar-refractivity contribution in [2.75, 3.05) is 0 Å². The first-order valence-corrected chi connectivity index (χ1v) is 7.62. The normalized spacial score (nSPS) is 12.9. The lowest BCUT2D eigenvalue weighted by Crippen LogP contribution is -2.17. The number of hydrogen-bond acceptors (Lipinski definition) is 4. The van der Waals surface area contributed by atoms with E-state index in [1.54, 1.807) is 17.5 Å². The van der Waals surface area contributed by atoms with Gasteiger partial charge in [-0.25, -0.2) is 4.68 Å². The van der Waals surface area contributed by atoms with E-state index < -0.39 is 0 Å². The molecule has 0 spiro atoms. The highest BCUT2D eigenvalue weighted by molar-refractivity contribution is 9.12. The minimum atomic E-state index is -0.200. The fourth-order valence-corrected chi connectivity index (χ4v) is 4.55. The lowest BCUT2D eigenvalue weighted by atomic mass is 10.1. The van der Waals surface area contributed by atoms with Crippen molar-refractivity contribution in [3.8, 4) is 0 Å². The van der Waals surface area contributed by atoms with Crippen LogP contribution >= 0.6 is 43.2 Å². The molecule has 2 N–H and O–H groups in total. The minimum absolute atomic E-state index is 0.200. The van der Waals surface area contributed by atoms with E-state index >= 15 is 0 Å². The molecule has 0 aromatic carbocycles. The lowest BCUT2D eigenvalue weighted by Gasteiger charge is -2.12.